The lowest BCUT2D eigenvalue weighted by molar-refractivity contribution is 0.0872. The van der Waals surface area contributed by atoms with E-state index < -0.39 is 0 Å². The molecule has 4 rings (SSSR count). The molecule has 0 saturated heterocycles. The van der Waals surface area contributed by atoms with Crippen molar-refractivity contribution in [1.29, 1.82) is 0 Å². The molecule has 25 heavy (non-hydrogen) atoms. The maximum Gasteiger partial charge on any atom is 0.253 e. The molecule has 2 aromatic heterocycles. The van der Waals surface area contributed by atoms with E-state index >= 15 is 0 Å². The SMILES string of the molecule is Cc1ccc(CNc2nc(-c3cccnc3)nn2C(=O)C2CC2)cc1. The Balaban J connectivity index is 1.61. The lowest BCUT2D eigenvalue weighted by Crippen LogP contribution is -2.18. The Labute approximate surface area is 145 Å². The maximum absolute atomic E-state index is 12.5. The second kappa shape index (κ2) is 6.47. The standard InChI is InChI=1S/C19H19N5O/c1-13-4-6-14(7-5-13)11-21-19-22-17(16-3-2-10-20-12-16)23-24(19)18(25)15-8-9-15/h2-7,10,12,15H,8-9,11H2,1H3,(H,21,22,23). The summed E-state index contributed by atoms with van der Waals surface area (Å²) in [6.07, 6.45) is 5.26. The summed E-state index contributed by atoms with van der Waals surface area (Å²) in [6.45, 7) is 2.64. The van der Waals surface area contributed by atoms with E-state index in [1.54, 1.807) is 12.4 Å². The van der Waals surface area contributed by atoms with Gasteiger partial charge >= 0.3 is 0 Å². The molecule has 6 heteroatoms. The minimum Gasteiger partial charge on any atom is -0.350 e. The Kier molecular flexibility index (Phi) is 4.01. The highest BCUT2D eigenvalue weighted by atomic mass is 16.2. The summed E-state index contributed by atoms with van der Waals surface area (Å²) in [5, 5.41) is 7.67. The molecule has 126 valence electrons. The van der Waals surface area contributed by atoms with Gasteiger partial charge in [-0.1, -0.05) is 29.8 Å². The van der Waals surface area contributed by atoms with Gasteiger partial charge in [-0.15, -0.1) is 5.10 Å². The molecule has 1 N–H and O–H groups in total. The second-order valence-corrected chi connectivity index (χ2v) is 6.36. The summed E-state index contributed by atoms with van der Waals surface area (Å²) >= 11 is 0. The van der Waals surface area contributed by atoms with Crippen molar-refractivity contribution in [2.45, 2.75) is 26.3 Å². The zero-order chi connectivity index (χ0) is 17.2. The predicted octanol–water partition coefficient (Wildman–Crippen LogP) is 3.31. The van der Waals surface area contributed by atoms with Crippen LogP contribution >= 0.6 is 0 Å². The number of pyridine rings is 1. The molecule has 0 radical (unpaired) electrons. The van der Waals surface area contributed by atoms with Gasteiger partial charge in [0.15, 0.2) is 5.82 Å². The molecule has 1 saturated carbocycles. The lowest BCUT2D eigenvalue weighted by Gasteiger charge is -2.07. The molecule has 0 unspecified atom stereocenters. The molecule has 0 atom stereocenters. The van der Waals surface area contributed by atoms with Crippen LogP contribution in [0.2, 0.25) is 0 Å². The molecule has 2 heterocycles. The molecule has 1 aliphatic rings. The quantitative estimate of drug-likeness (QED) is 0.775. The van der Waals surface area contributed by atoms with Gasteiger partial charge < -0.3 is 5.32 Å². The summed E-state index contributed by atoms with van der Waals surface area (Å²) in [6, 6.07) is 12.0. The molecule has 1 fully saturated rings. The molecular weight excluding hydrogens is 314 g/mol. The number of aromatic nitrogens is 4. The number of nitrogens with one attached hydrogen (secondary N) is 1. The molecule has 3 aromatic rings. The molecular formula is C19H19N5O. The van der Waals surface area contributed by atoms with E-state index in [9.17, 15) is 4.79 Å². The van der Waals surface area contributed by atoms with Crippen LogP contribution in [0.4, 0.5) is 5.95 Å². The van der Waals surface area contributed by atoms with E-state index in [-0.39, 0.29) is 11.8 Å². The average molecular weight is 333 g/mol. The van der Waals surface area contributed by atoms with E-state index in [2.05, 4.69) is 51.6 Å². The largest absolute Gasteiger partial charge is 0.350 e. The highest BCUT2D eigenvalue weighted by Crippen LogP contribution is 2.31. The van der Waals surface area contributed by atoms with Gasteiger partial charge in [0.25, 0.3) is 5.91 Å². The fourth-order valence-corrected chi connectivity index (χ4v) is 2.59. The van der Waals surface area contributed by atoms with Gasteiger partial charge in [0.1, 0.15) is 0 Å². The van der Waals surface area contributed by atoms with Crippen molar-refractivity contribution in [2.24, 2.45) is 5.92 Å². The summed E-state index contributed by atoms with van der Waals surface area (Å²) in [7, 11) is 0. The normalized spacial score (nSPS) is 13.6. The van der Waals surface area contributed by atoms with Gasteiger partial charge in [-0.2, -0.15) is 9.67 Å². The summed E-state index contributed by atoms with van der Waals surface area (Å²) in [4.78, 5) is 21.2. The molecule has 0 spiro atoms. The molecule has 0 amide bonds. The third kappa shape index (κ3) is 3.42. The number of rotatable bonds is 5. The van der Waals surface area contributed by atoms with Crippen LogP contribution in [0.1, 0.15) is 28.8 Å². The van der Waals surface area contributed by atoms with Crippen molar-refractivity contribution < 1.29 is 4.79 Å². The number of hydrogen-bond acceptors (Lipinski definition) is 5. The third-order valence-electron chi connectivity index (χ3n) is 4.23. The van der Waals surface area contributed by atoms with Gasteiger partial charge in [-0.3, -0.25) is 9.78 Å². The zero-order valence-corrected chi connectivity index (χ0v) is 14.0. The van der Waals surface area contributed by atoms with E-state index in [1.807, 2.05) is 12.1 Å². The van der Waals surface area contributed by atoms with E-state index in [0.29, 0.717) is 18.3 Å². The van der Waals surface area contributed by atoms with E-state index in [1.165, 1.54) is 10.2 Å². The summed E-state index contributed by atoms with van der Waals surface area (Å²) < 4.78 is 1.41. The molecule has 6 nitrogen and oxygen atoms in total. The number of nitrogens with zero attached hydrogens (tertiary/aromatic N) is 4. The first-order valence-electron chi connectivity index (χ1n) is 8.42. The number of carbonyl (C=O) groups excluding carboxylic acids is 1. The minimum absolute atomic E-state index is 0.00838. The van der Waals surface area contributed by atoms with Gasteiger partial charge in [0, 0.05) is 30.4 Å². The summed E-state index contributed by atoms with van der Waals surface area (Å²) in [5.41, 5.74) is 3.14. The van der Waals surface area contributed by atoms with Crippen LogP contribution in [-0.4, -0.2) is 25.7 Å². The van der Waals surface area contributed by atoms with Crippen molar-refractivity contribution in [3.63, 3.8) is 0 Å². The highest BCUT2D eigenvalue weighted by molar-refractivity contribution is 5.85. The Hall–Kier alpha value is -3.02. The van der Waals surface area contributed by atoms with Crippen molar-refractivity contribution in [3.05, 3.63) is 59.9 Å². The van der Waals surface area contributed by atoms with Crippen LogP contribution in [0.25, 0.3) is 11.4 Å². The lowest BCUT2D eigenvalue weighted by atomic mass is 10.1. The second-order valence-electron chi connectivity index (χ2n) is 6.36. The Morgan fingerprint density at radius 1 is 1.24 bits per heavy atom. The minimum atomic E-state index is 0.00838. The first-order chi connectivity index (χ1) is 12.2. The van der Waals surface area contributed by atoms with Crippen LogP contribution in [0.15, 0.2) is 48.8 Å². The van der Waals surface area contributed by atoms with Gasteiger partial charge in [0.05, 0.1) is 0 Å². The zero-order valence-electron chi connectivity index (χ0n) is 14.0. The van der Waals surface area contributed by atoms with Crippen molar-refractivity contribution in [2.75, 3.05) is 5.32 Å². The van der Waals surface area contributed by atoms with Crippen molar-refractivity contribution in [3.8, 4) is 11.4 Å². The van der Waals surface area contributed by atoms with Crippen LogP contribution in [0, 0.1) is 12.8 Å². The molecule has 0 bridgehead atoms. The Morgan fingerprint density at radius 2 is 2.04 bits per heavy atom. The topological polar surface area (TPSA) is 72.7 Å². The molecule has 1 aromatic carbocycles. The van der Waals surface area contributed by atoms with Crippen LogP contribution in [0.3, 0.4) is 0 Å². The van der Waals surface area contributed by atoms with Gasteiger partial charge in [-0.05, 0) is 37.5 Å². The van der Waals surface area contributed by atoms with Crippen molar-refractivity contribution in [1.82, 2.24) is 19.7 Å². The van der Waals surface area contributed by atoms with Gasteiger partial charge in [0.2, 0.25) is 5.95 Å². The van der Waals surface area contributed by atoms with Crippen molar-refractivity contribution >= 4 is 11.9 Å². The van der Waals surface area contributed by atoms with Gasteiger partial charge in [-0.25, -0.2) is 0 Å². The Morgan fingerprint density at radius 3 is 2.72 bits per heavy atom. The maximum atomic E-state index is 12.5. The number of benzene rings is 1. The fourth-order valence-electron chi connectivity index (χ4n) is 2.59. The monoisotopic (exact) mass is 333 g/mol. The van der Waals surface area contributed by atoms with E-state index in [4.69, 9.17) is 0 Å². The van der Waals surface area contributed by atoms with Crippen LogP contribution in [-0.2, 0) is 6.54 Å². The number of aryl methyl sites for hydroxylation is 1. The van der Waals surface area contributed by atoms with E-state index in [0.717, 1.165) is 24.0 Å². The first kappa shape index (κ1) is 15.5. The van der Waals surface area contributed by atoms with Crippen LogP contribution < -0.4 is 5.32 Å². The number of anilines is 1. The average Bonchev–Trinajstić information content (AvgIpc) is 3.41. The highest BCUT2D eigenvalue weighted by Gasteiger charge is 2.33. The first-order valence-corrected chi connectivity index (χ1v) is 8.42. The summed E-state index contributed by atoms with van der Waals surface area (Å²) in [5.74, 6) is 1.07. The fraction of sp³-hybridized carbons (Fsp3) is 0.263. The molecule has 0 aliphatic heterocycles. The number of hydrogen-bond donors (Lipinski definition) is 1. The third-order valence-corrected chi connectivity index (χ3v) is 4.23. The number of carbonyl (C=O) groups is 1. The smallest absolute Gasteiger partial charge is 0.253 e. The Bertz CT molecular complexity index is 882. The predicted molar refractivity (Wildman–Crippen MR) is 95.1 cm³/mol. The molecule has 1 aliphatic carbocycles. The van der Waals surface area contributed by atoms with Crippen LogP contribution in [0.5, 0.6) is 0 Å².